The molecule has 4 rings (SSSR count). The number of fused-ring (bicyclic) bond motifs is 1. The van der Waals surface area contributed by atoms with E-state index >= 15 is 0 Å². The Morgan fingerprint density at radius 2 is 2.41 bits per heavy atom. The molecule has 2 bridgehead atoms. The number of aromatic nitrogens is 1. The number of rotatable bonds is 7. The van der Waals surface area contributed by atoms with Crippen molar-refractivity contribution in [3.8, 4) is 0 Å². The summed E-state index contributed by atoms with van der Waals surface area (Å²) in [5, 5.41) is 3.19. The van der Waals surface area contributed by atoms with Crippen LogP contribution in [0.4, 0.5) is 5.69 Å². The number of pyridine rings is 1. The summed E-state index contributed by atoms with van der Waals surface area (Å²) in [6, 6.07) is 4.25. The van der Waals surface area contributed by atoms with Crippen LogP contribution < -0.4 is 10.2 Å². The molecular formula is C22H31N3O2. The molecule has 4 heterocycles. The second-order valence-corrected chi connectivity index (χ2v) is 8.33. The van der Waals surface area contributed by atoms with Crippen LogP contribution in [0.3, 0.4) is 0 Å². The fourth-order valence-electron chi connectivity index (χ4n) is 5.25. The minimum atomic E-state index is -0.0108. The van der Waals surface area contributed by atoms with Crippen molar-refractivity contribution < 1.29 is 9.53 Å². The van der Waals surface area contributed by atoms with Crippen molar-refractivity contribution in [2.24, 2.45) is 11.8 Å². The Hall–Kier alpha value is -1.88. The Kier molecular flexibility index (Phi) is 5.22. The molecule has 4 atom stereocenters. The molecule has 5 nitrogen and oxygen atoms in total. The lowest BCUT2D eigenvalue weighted by molar-refractivity contribution is -0.121. The maximum Gasteiger partial charge on any atom is 0.220 e. The average Bonchev–Trinajstić information content (AvgIpc) is 3.32. The number of aryl methyl sites for hydroxylation is 1. The third kappa shape index (κ3) is 3.62. The van der Waals surface area contributed by atoms with E-state index < -0.39 is 0 Å². The van der Waals surface area contributed by atoms with Crippen LogP contribution in [0.5, 0.6) is 0 Å². The first-order valence-electron chi connectivity index (χ1n) is 10.3. The Bertz CT molecular complexity index is 719. The van der Waals surface area contributed by atoms with Crippen LogP contribution in [0.25, 0.3) is 0 Å². The molecule has 1 spiro atoms. The van der Waals surface area contributed by atoms with Crippen molar-refractivity contribution in [1.29, 1.82) is 0 Å². The molecule has 1 N–H and O–H groups in total. The number of ether oxygens (including phenoxy) is 1. The summed E-state index contributed by atoms with van der Waals surface area (Å²) in [6.45, 7) is 6.79. The lowest BCUT2D eigenvalue weighted by Crippen LogP contribution is -2.41. The summed E-state index contributed by atoms with van der Waals surface area (Å²) in [5.74, 6) is 1.12. The summed E-state index contributed by atoms with van der Waals surface area (Å²) < 4.78 is 6.51. The van der Waals surface area contributed by atoms with Crippen LogP contribution in [0.15, 0.2) is 30.5 Å². The summed E-state index contributed by atoms with van der Waals surface area (Å²) in [6.07, 6.45) is 11.2. The lowest BCUT2D eigenvalue weighted by Gasteiger charge is -2.29. The van der Waals surface area contributed by atoms with Crippen molar-refractivity contribution in [3.05, 3.63) is 36.2 Å². The topological polar surface area (TPSA) is 54.5 Å². The quantitative estimate of drug-likeness (QED) is 0.592. The highest BCUT2D eigenvalue weighted by molar-refractivity contribution is 5.75. The highest BCUT2D eigenvalue weighted by Crippen LogP contribution is 2.55. The molecule has 1 aromatic rings. The molecule has 3 aliphatic rings. The molecule has 0 unspecified atom stereocenters. The lowest BCUT2D eigenvalue weighted by atomic mass is 9.73. The van der Waals surface area contributed by atoms with E-state index in [9.17, 15) is 4.79 Å². The molecule has 27 heavy (non-hydrogen) atoms. The van der Waals surface area contributed by atoms with Gasteiger partial charge in [0.05, 0.1) is 11.7 Å². The van der Waals surface area contributed by atoms with Gasteiger partial charge in [0.1, 0.15) is 0 Å². The number of carbonyl (C=O) groups is 1. The Morgan fingerprint density at radius 1 is 1.52 bits per heavy atom. The van der Waals surface area contributed by atoms with Gasteiger partial charge in [0, 0.05) is 55.5 Å². The molecule has 5 heteroatoms. The first-order valence-corrected chi connectivity index (χ1v) is 10.3. The fraction of sp³-hybridized carbons (Fsp3) is 0.636. The third-order valence-corrected chi connectivity index (χ3v) is 6.57. The molecule has 146 valence electrons. The number of nitrogens with zero attached hydrogens (tertiary/aromatic N) is 2. The van der Waals surface area contributed by atoms with Gasteiger partial charge in [0.25, 0.3) is 0 Å². The normalized spacial score (nSPS) is 31.6. The van der Waals surface area contributed by atoms with Gasteiger partial charge in [-0.05, 0) is 51.7 Å². The molecule has 3 saturated heterocycles. The zero-order valence-corrected chi connectivity index (χ0v) is 16.5. The first kappa shape index (κ1) is 18.5. The Labute approximate surface area is 162 Å². The van der Waals surface area contributed by atoms with Crippen molar-refractivity contribution in [1.82, 2.24) is 10.3 Å². The standard InChI is InChI=1S/C22H31N3O2/c1-3-4-5-6-7-21(26)24-13-18-19-14-25(17-9-11-23-16(2)12-17)15-22(19)10-8-20(18)27-22/h3-4,9,11-12,18-20H,5-8,10,13-15H2,1-2H3,(H,24,26)/t18-,19+,20+,22+/m0/s1. The van der Waals surface area contributed by atoms with Crippen LogP contribution in [0.1, 0.15) is 44.7 Å². The minimum absolute atomic E-state index is 0.0108. The van der Waals surface area contributed by atoms with E-state index in [0.717, 1.165) is 51.0 Å². The van der Waals surface area contributed by atoms with Crippen molar-refractivity contribution in [2.75, 3.05) is 24.5 Å². The summed E-state index contributed by atoms with van der Waals surface area (Å²) >= 11 is 0. The van der Waals surface area contributed by atoms with Gasteiger partial charge in [0.15, 0.2) is 0 Å². The third-order valence-electron chi connectivity index (χ3n) is 6.57. The van der Waals surface area contributed by atoms with E-state index in [-0.39, 0.29) is 11.5 Å². The number of hydrogen-bond donors (Lipinski definition) is 1. The second kappa shape index (κ2) is 7.63. The first-order chi connectivity index (χ1) is 13.1. The van der Waals surface area contributed by atoms with Crippen LogP contribution in [-0.2, 0) is 9.53 Å². The van der Waals surface area contributed by atoms with E-state index in [1.54, 1.807) is 0 Å². The number of allylic oxidation sites excluding steroid dienone is 2. The average molecular weight is 370 g/mol. The minimum Gasteiger partial charge on any atom is -0.369 e. The van der Waals surface area contributed by atoms with E-state index in [2.05, 4.69) is 33.4 Å². The second-order valence-electron chi connectivity index (χ2n) is 8.33. The summed E-state index contributed by atoms with van der Waals surface area (Å²) in [5.41, 5.74) is 2.28. The highest BCUT2D eigenvalue weighted by atomic mass is 16.5. The predicted octanol–water partition coefficient (Wildman–Crippen LogP) is 3.24. The molecule has 3 aliphatic heterocycles. The predicted molar refractivity (Wildman–Crippen MR) is 107 cm³/mol. The maximum absolute atomic E-state index is 12.2. The molecular weight excluding hydrogens is 338 g/mol. The van der Waals surface area contributed by atoms with Crippen LogP contribution in [0, 0.1) is 18.8 Å². The van der Waals surface area contributed by atoms with Gasteiger partial charge in [-0.3, -0.25) is 9.78 Å². The van der Waals surface area contributed by atoms with Crippen molar-refractivity contribution in [2.45, 2.75) is 57.7 Å². The van der Waals surface area contributed by atoms with Gasteiger partial charge in [-0.15, -0.1) is 0 Å². The molecule has 0 aromatic carbocycles. The van der Waals surface area contributed by atoms with Gasteiger partial charge < -0.3 is 15.0 Å². The fourth-order valence-corrected chi connectivity index (χ4v) is 5.25. The van der Waals surface area contributed by atoms with Crippen LogP contribution in [0.2, 0.25) is 0 Å². The molecule has 1 aromatic heterocycles. The van der Waals surface area contributed by atoms with E-state index in [4.69, 9.17) is 4.74 Å². The van der Waals surface area contributed by atoms with Gasteiger partial charge in [0.2, 0.25) is 5.91 Å². The van der Waals surface area contributed by atoms with E-state index in [1.807, 2.05) is 26.1 Å². The summed E-state index contributed by atoms with van der Waals surface area (Å²) in [7, 11) is 0. The molecule has 3 fully saturated rings. The largest absolute Gasteiger partial charge is 0.369 e. The SMILES string of the molecule is CC=CCCCC(=O)NC[C@H]1[C@H]2CN(c3ccnc(C)c3)C[C@]23CC[C@H]1O3. The number of anilines is 1. The molecule has 1 amide bonds. The van der Waals surface area contributed by atoms with Gasteiger partial charge in [-0.1, -0.05) is 12.2 Å². The zero-order chi connectivity index (χ0) is 18.9. The maximum atomic E-state index is 12.2. The van der Waals surface area contributed by atoms with Crippen molar-refractivity contribution in [3.63, 3.8) is 0 Å². The molecule has 0 radical (unpaired) electrons. The van der Waals surface area contributed by atoms with Crippen molar-refractivity contribution >= 4 is 11.6 Å². The van der Waals surface area contributed by atoms with Gasteiger partial charge in [-0.25, -0.2) is 0 Å². The monoisotopic (exact) mass is 369 g/mol. The van der Waals surface area contributed by atoms with Crippen LogP contribution >= 0.6 is 0 Å². The van der Waals surface area contributed by atoms with Gasteiger partial charge in [-0.2, -0.15) is 0 Å². The van der Waals surface area contributed by atoms with Gasteiger partial charge >= 0.3 is 0 Å². The number of unbranched alkanes of at least 4 members (excludes halogenated alkanes) is 1. The van der Waals surface area contributed by atoms with Crippen LogP contribution in [-0.4, -0.2) is 42.2 Å². The molecule has 0 saturated carbocycles. The Morgan fingerprint density at radius 3 is 3.22 bits per heavy atom. The van der Waals surface area contributed by atoms with E-state index in [0.29, 0.717) is 24.4 Å². The number of amides is 1. The van der Waals surface area contributed by atoms with E-state index in [1.165, 1.54) is 5.69 Å². The summed E-state index contributed by atoms with van der Waals surface area (Å²) in [4.78, 5) is 19.0. The zero-order valence-electron chi connectivity index (χ0n) is 16.5. The molecule has 0 aliphatic carbocycles. The number of carbonyl (C=O) groups excluding carboxylic acids is 1. The highest BCUT2D eigenvalue weighted by Gasteiger charge is 2.62. The number of nitrogens with one attached hydrogen (secondary N) is 1. The number of hydrogen-bond acceptors (Lipinski definition) is 4. The Balaban J connectivity index is 1.36. The smallest absolute Gasteiger partial charge is 0.220 e.